The Morgan fingerprint density at radius 2 is 1.83 bits per heavy atom. The molecular weight excluding hydrogens is 300 g/mol. The van der Waals surface area contributed by atoms with Crippen LogP contribution in [0.3, 0.4) is 0 Å². The first-order valence-electron chi connectivity index (χ1n) is 9.78. The van der Waals surface area contributed by atoms with Crippen LogP contribution < -0.4 is 0 Å². The van der Waals surface area contributed by atoms with Gasteiger partial charge in [0.15, 0.2) is 5.79 Å². The minimum absolute atomic E-state index is 0.0228. The Morgan fingerprint density at radius 1 is 1.08 bits per heavy atom. The average Bonchev–Trinajstić information content (AvgIpc) is 2.89. The van der Waals surface area contributed by atoms with E-state index < -0.39 is 5.79 Å². The zero-order chi connectivity index (χ0) is 17.1. The molecule has 4 aliphatic rings. The summed E-state index contributed by atoms with van der Waals surface area (Å²) in [6, 6.07) is 0. The van der Waals surface area contributed by atoms with Crippen LogP contribution in [-0.2, 0) is 14.3 Å². The molecule has 0 N–H and O–H groups in total. The van der Waals surface area contributed by atoms with E-state index in [1.807, 2.05) is 0 Å². The largest absolute Gasteiger partial charge is 0.353 e. The van der Waals surface area contributed by atoms with Crippen molar-refractivity contribution in [2.45, 2.75) is 71.0 Å². The number of ether oxygens (including phenoxy) is 2. The fourth-order valence-electron chi connectivity index (χ4n) is 6.80. The second-order valence-electron chi connectivity index (χ2n) is 9.01. The third-order valence-electron chi connectivity index (χ3n) is 8.17. The van der Waals surface area contributed by atoms with Gasteiger partial charge in [-0.1, -0.05) is 25.0 Å². The van der Waals surface area contributed by atoms with Crippen molar-refractivity contribution in [2.24, 2.45) is 29.1 Å². The lowest BCUT2D eigenvalue weighted by Crippen LogP contribution is -2.48. The zero-order valence-electron chi connectivity index (χ0n) is 15.7. The Bertz CT molecular complexity index is 574. The molecule has 3 nitrogen and oxygen atoms in total. The standard InChI is InChI=1S/C21H32O3/c1-13-11-14-12-21(23-3,24-4)10-8-15(14)16-7-9-20(2)17(19(13)16)5-6-18(20)22/h13,16-17,19H,5-12H2,1-4H3/t13?,16-,17+,19+,20-/m0/s1. The van der Waals surface area contributed by atoms with E-state index in [1.165, 1.54) is 12.8 Å². The van der Waals surface area contributed by atoms with E-state index in [1.54, 1.807) is 25.4 Å². The van der Waals surface area contributed by atoms with E-state index in [4.69, 9.17) is 9.47 Å². The lowest BCUT2D eigenvalue weighted by molar-refractivity contribution is -0.213. The van der Waals surface area contributed by atoms with Gasteiger partial charge in [0.05, 0.1) is 0 Å². The van der Waals surface area contributed by atoms with Gasteiger partial charge >= 0.3 is 0 Å². The monoisotopic (exact) mass is 332 g/mol. The number of fused-ring (bicyclic) bond motifs is 4. The Labute approximate surface area is 146 Å². The van der Waals surface area contributed by atoms with Crippen LogP contribution in [-0.4, -0.2) is 25.8 Å². The summed E-state index contributed by atoms with van der Waals surface area (Å²) in [6.45, 7) is 4.69. The summed E-state index contributed by atoms with van der Waals surface area (Å²) in [5, 5.41) is 0. The third kappa shape index (κ3) is 2.20. The molecular formula is C21H32O3. The second kappa shape index (κ2) is 5.67. The van der Waals surface area contributed by atoms with E-state index in [0.717, 1.165) is 38.5 Å². The van der Waals surface area contributed by atoms with Crippen LogP contribution in [0.15, 0.2) is 11.1 Å². The average molecular weight is 332 g/mol. The number of methoxy groups -OCH3 is 2. The highest BCUT2D eigenvalue weighted by molar-refractivity contribution is 5.87. The van der Waals surface area contributed by atoms with E-state index in [0.29, 0.717) is 29.5 Å². The molecule has 4 aliphatic carbocycles. The summed E-state index contributed by atoms with van der Waals surface area (Å²) in [5.74, 6) is 2.85. The van der Waals surface area contributed by atoms with E-state index in [9.17, 15) is 4.79 Å². The molecule has 0 amide bonds. The molecule has 0 bridgehead atoms. The number of ketones is 1. The summed E-state index contributed by atoms with van der Waals surface area (Å²) in [5.41, 5.74) is 3.29. The molecule has 2 fully saturated rings. The maximum atomic E-state index is 12.5. The smallest absolute Gasteiger partial charge is 0.171 e. The van der Waals surface area contributed by atoms with Crippen molar-refractivity contribution < 1.29 is 14.3 Å². The molecule has 0 heterocycles. The zero-order valence-corrected chi connectivity index (χ0v) is 15.7. The van der Waals surface area contributed by atoms with Crippen molar-refractivity contribution >= 4 is 5.78 Å². The minimum Gasteiger partial charge on any atom is -0.353 e. The van der Waals surface area contributed by atoms with Gasteiger partial charge in [0.2, 0.25) is 0 Å². The summed E-state index contributed by atoms with van der Waals surface area (Å²) in [7, 11) is 3.56. The van der Waals surface area contributed by atoms with Gasteiger partial charge in [-0.05, 0) is 55.8 Å². The summed E-state index contributed by atoms with van der Waals surface area (Å²) >= 11 is 0. The minimum atomic E-state index is -0.405. The van der Waals surface area contributed by atoms with E-state index in [2.05, 4.69) is 13.8 Å². The van der Waals surface area contributed by atoms with Gasteiger partial charge in [0.25, 0.3) is 0 Å². The van der Waals surface area contributed by atoms with E-state index >= 15 is 0 Å². The molecule has 1 unspecified atom stereocenters. The molecule has 0 aromatic heterocycles. The number of carbonyl (C=O) groups excluding carboxylic acids is 1. The van der Waals surface area contributed by atoms with Crippen LogP contribution in [0, 0.1) is 29.1 Å². The molecule has 24 heavy (non-hydrogen) atoms. The van der Waals surface area contributed by atoms with Gasteiger partial charge in [-0.15, -0.1) is 0 Å². The van der Waals surface area contributed by atoms with E-state index in [-0.39, 0.29) is 5.41 Å². The molecule has 134 valence electrons. The normalized spacial score (nSPS) is 44.1. The summed E-state index contributed by atoms with van der Waals surface area (Å²) in [6.07, 6.45) is 8.44. The summed E-state index contributed by atoms with van der Waals surface area (Å²) < 4.78 is 11.5. The van der Waals surface area contributed by atoms with Crippen molar-refractivity contribution in [1.82, 2.24) is 0 Å². The predicted molar refractivity (Wildman–Crippen MR) is 93.5 cm³/mol. The number of hydrogen-bond donors (Lipinski definition) is 0. The molecule has 0 saturated heterocycles. The predicted octanol–water partition coefficient (Wildman–Crippen LogP) is 4.51. The van der Waals surface area contributed by atoms with Crippen molar-refractivity contribution in [3.05, 3.63) is 11.1 Å². The lowest BCUT2D eigenvalue weighted by Gasteiger charge is -2.53. The molecule has 3 heteroatoms. The molecule has 0 aromatic carbocycles. The van der Waals surface area contributed by atoms with Crippen LogP contribution in [0.1, 0.15) is 65.2 Å². The van der Waals surface area contributed by atoms with Crippen molar-refractivity contribution in [3.63, 3.8) is 0 Å². The van der Waals surface area contributed by atoms with Gasteiger partial charge < -0.3 is 9.47 Å². The van der Waals surface area contributed by atoms with Crippen LogP contribution in [0.2, 0.25) is 0 Å². The molecule has 2 saturated carbocycles. The van der Waals surface area contributed by atoms with Crippen molar-refractivity contribution in [2.75, 3.05) is 14.2 Å². The first kappa shape index (κ1) is 16.8. The topological polar surface area (TPSA) is 35.5 Å². The first-order chi connectivity index (χ1) is 11.4. The molecule has 0 aromatic rings. The number of allylic oxidation sites excluding steroid dienone is 1. The Morgan fingerprint density at radius 3 is 2.54 bits per heavy atom. The molecule has 0 radical (unpaired) electrons. The van der Waals surface area contributed by atoms with Crippen molar-refractivity contribution in [1.29, 1.82) is 0 Å². The molecule has 0 aliphatic heterocycles. The van der Waals surface area contributed by atoms with Gasteiger partial charge in [0, 0.05) is 38.9 Å². The maximum absolute atomic E-state index is 12.5. The quantitative estimate of drug-likeness (QED) is 0.551. The molecule has 5 atom stereocenters. The number of carbonyl (C=O) groups is 1. The molecule has 4 rings (SSSR count). The van der Waals surface area contributed by atoms with Crippen LogP contribution >= 0.6 is 0 Å². The highest BCUT2D eigenvalue weighted by Gasteiger charge is 2.57. The highest BCUT2D eigenvalue weighted by Crippen LogP contribution is 2.61. The molecule has 0 spiro atoms. The van der Waals surface area contributed by atoms with Crippen LogP contribution in [0.5, 0.6) is 0 Å². The van der Waals surface area contributed by atoms with Gasteiger partial charge in [0.1, 0.15) is 5.78 Å². The Balaban J connectivity index is 1.66. The SMILES string of the molecule is COC1(OC)CCC2=C(CC(C)[C@H]3[C@H]4CCC(=O)[C@@]4(C)CC[C@@H]23)C1. The van der Waals surface area contributed by atoms with Gasteiger partial charge in [-0.25, -0.2) is 0 Å². The Hall–Kier alpha value is -0.670. The highest BCUT2D eigenvalue weighted by atomic mass is 16.7. The van der Waals surface area contributed by atoms with Crippen LogP contribution in [0.4, 0.5) is 0 Å². The van der Waals surface area contributed by atoms with Crippen LogP contribution in [0.25, 0.3) is 0 Å². The maximum Gasteiger partial charge on any atom is 0.171 e. The number of hydrogen-bond acceptors (Lipinski definition) is 3. The number of rotatable bonds is 2. The second-order valence-corrected chi connectivity index (χ2v) is 9.01. The van der Waals surface area contributed by atoms with Crippen molar-refractivity contribution in [3.8, 4) is 0 Å². The Kier molecular flexibility index (Phi) is 3.96. The third-order valence-corrected chi connectivity index (χ3v) is 8.17. The number of Topliss-reactive ketones (excluding diaryl/α,β-unsaturated/α-hetero) is 1. The van der Waals surface area contributed by atoms with Gasteiger partial charge in [-0.2, -0.15) is 0 Å². The van der Waals surface area contributed by atoms with Gasteiger partial charge in [-0.3, -0.25) is 4.79 Å². The lowest BCUT2D eigenvalue weighted by atomic mass is 9.51. The fraction of sp³-hybridized carbons (Fsp3) is 0.857. The first-order valence-corrected chi connectivity index (χ1v) is 9.78. The fourth-order valence-corrected chi connectivity index (χ4v) is 6.80. The summed E-state index contributed by atoms with van der Waals surface area (Å²) in [4.78, 5) is 12.5.